The second-order valence-corrected chi connectivity index (χ2v) is 11.2. The molecule has 1 spiro atoms. The van der Waals surface area contributed by atoms with Crippen LogP contribution in [0.2, 0.25) is 0 Å². The maximum atomic E-state index is 12.5. The molecule has 0 aromatic carbocycles. The molecule has 0 aliphatic heterocycles. The first-order valence-corrected chi connectivity index (χ1v) is 11.3. The lowest BCUT2D eigenvalue weighted by Crippen LogP contribution is -2.66. The molecule has 30 heavy (non-hydrogen) atoms. The van der Waals surface area contributed by atoms with Crippen molar-refractivity contribution in [2.45, 2.75) is 66.2 Å². The predicted molar refractivity (Wildman–Crippen MR) is 110 cm³/mol. The fourth-order valence-corrected chi connectivity index (χ4v) is 8.56. The van der Waals surface area contributed by atoms with Gasteiger partial charge in [0.25, 0.3) is 0 Å². The number of allylic oxidation sites excluding steroid dienone is 2. The molecule has 0 amide bonds. The Labute approximate surface area is 177 Å². The molecule has 3 N–H and O–H groups in total. The Balaban J connectivity index is 1.89. The van der Waals surface area contributed by atoms with Crippen molar-refractivity contribution in [2.24, 2.45) is 51.8 Å². The maximum absolute atomic E-state index is 12.5. The van der Waals surface area contributed by atoms with E-state index in [1.807, 2.05) is 6.92 Å². The van der Waals surface area contributed by atoms with Crippen molar-refractivity contribution in [1.29, 1.82) is 0 Å². The van der Waals surface area contributed by atoms with Crippen LogP contribution in [0.1, 0.15) is 66.2 Å². The van der Waals surface area contributed by atoms with Gasteiger partial charge in [-0.25, -0.2) is 0 Å². The van der Waals surface area contributed by atoms with Crippen molar-refractivity contribution in [2.75, 3.05) is 0 Å². The normalized spacial score (nSPS) is 47.2. The topological polar surface area (TPSA) is 112 Å². The van der Waals surface area contributed by atoms with Gasteiger partial charge in [0, 0.05) is 5.41 Å². The molecule has 5 aliphatic rings. The number of carboxylic acid groups (broad SMARTS) is 3. The highest BCUT2D eigenvalue weighted by atomic mass is 16.4. The van der Waals surface area contributed by atoms with Crippen molar-refractivity contribution < 1.29 is 29.7 Å². The third-order valence-electron chi connectivity index (χ3n) is 9.72. The summed E-state index contributed by atoms with van der Waals surface area (Å²) in [4.78, 5) is 37.0. The number of carbonyl (C=O) groups is 3. The van der Waals surface area contributed by atoms with Gasteiger partial charge >= 0.3 is 17.9 Å². The second kappa shape index (κ2) is 6.57. The summed E-state index contributed by atoms with van der Waals surface area (Å²) in [5.74, 6) is -4.76. The fraction of sp³-hybridized carbons (Fsp3) is 0.792. The Morgan fingerprint density at radius 1 is 1.00 bits per heavy atom. The van der Waals surface area contributed by atoms with Crippen LogP contribution < -0.4 is 0 Å². The van der Waals surface area contributed by atoms with E-state index in [-0.39, 0.29) is 29.1 Å². The fourth-order valence-electron chi connectivity index (χ4n) is 8.56. The first-order chi connectivity index (χ1) is 13.9. The average molecular weight is 419 g/mol. The molecule has 166 valence electrons. The first kappa shape index (κ1) is 21.4. The van der Waals surface area contributed by atoms with Crippen LogP contribution in [-0.4, -0.2) is 33.2 Å². The molecule has 5 aliphatic carbocycles. The van der Waals surface area contributed by atoms with E-state index in [2.05, 4.69) is 26.8 Å². The van der Waals surface area contributed by atoms with Gasteiger partial charge in [-0.15, -0.1) is 0 Å². The molecule has 0 aromatic rings. The van der Waals surface area contributed by atoms with Gasteiger partial charge in [0.15, 0.2) is 0 Å². The van der Waals surface area contributed by atoms with Crippen LogP contribution in [0.3, 0.4) is 0 Å². The second-order valence-electron chi connectivity index (χ2n) is 11.2. The summed E-state index contributed by atoms with van der Waals surface area (Å²) in [7, 11) is 0. The molecule has 3 saturated carbocycles. The lowest BCUT2D eigenvalue weighted by molar-refractivity contribution is -0.207. The molecule has 5 rings (SSSR count). The molecule has 0 unspecified atom stereocenters. The Kier molecular flexibility index (Phi) is 4.68. The Morgan fingerprint density at radius 3 is 2.20 bits per heavy atom. The van der Waals surface area contributed by atoms with Crippen LogP contribution in [0.5, 0.6) is 0 Å². The third-order valence-corrected chi connectivity index (χ3v) is 9.72. The number of fused-ring (bicyclic) bond motifs is 2. The van der Waals surface area contributed by atoms with Gasteiger partial charge < -0.3 is 15.3 Å². The number of carboxylic acids is 3. The zero-order chi connectivity index (χ0) is 22.2. The van der Waals surface area contributed by atoms with Gasteiger partial charge in [0.1, 0.15) is 0 Å². The summed E-state index contributed by atoms with van der Waals surface area (Å²) in [6.45, 7) is 8.15. The van der Waals surface area contributed by atoms with Crippen molar-refractivity contribution in [3.63, 3.8) is 0 Å². The van der Waals surface area contributed by atoms with Gasteiger partial charge in [-0.3, -0.25) is 14.4 Å². The molecule has 3 fully saturated rings. The van der Waals surface area contributed by atoms with Crippen LogP contribution in [-0.2, 0) is 14.4 Å². The molecule has 6 nitrogen and oxygen atoms in total. The minimum Gasteiger partial charge on any atom is -0.481 e. The summed E-state index contributed by atoms with van der Waals surface area (Å²) in [5, 5.41) is 30.3. The Bertz CT molecular complexity index is 830. The van der Waals surface area contributed by atoms with Gasteiger partial charge in [0.05, 0.1) is 17.3 Å². The monoisotopic (exact) mass is 418 g/mol. The number of aliphatic carboxylic acids is 3. The minimum atomic E-state index is -1.02. The molecule has 0 saturated heterocycles. The standard InChI is InChI=1S/C24H34O6/c1-12(2)14-11-24-9-6-15-22(3,7-5-8-23(15,4)21(29)30)16(24)10-13(14)17(19(25)26)18(24)20(27)28/h11-13,15-18H,5-10H2,1-4H3,(H,25,26)(H,27,28)(H,29,30)/t13-,15+,16-,17-,18+,22-,23+,24+/m0/s1. The van der Waals surface area contributed by atoms with E-state index >= 15 is 0 Å². The maximum Gasteiger partial charge on any atom is 0.309 e. The van der Waals surface area contributed by atoms with Crippen LogP contribution in [0, 0.1) is 51.8 Å². The molecule has 0 aromatic heterocycles. The Morgan fingerprint density at radius 2 is 1.67 bits per heavy atom. The van der Waals surface area contributed by atoms with Crippen molar-refractivity contribution in [1.82, 2.24) is 0 Å². The van der Waals surface area contributed by atoms with E-state index in [1.165, 1.54) is 0 Å². The zero-order valence-electron chi connectivity index (χ0n) is 18.4. The number of rotatable bonds is 4. The SMILES string of the molecule is CC(C)C1=C[C@]23CC[C@@H]4[C@](C)(CCC[C@@]4(C)C(=O)O)[C@@H]2C[C@@H]1[C@H](C(=O)O)[C@@H]3C(=O)O. The van der Waals surface area contributed by atoms with Crippen molar-refractivity contribution >= 4 is 17.9 Å². The van der Waals surface area contributed by atoms with Gasteiger partial charge in [0.2, 0.25) is 0 Å². The predicted octanol–water partition coefficient (Wildman–Crippen LogP) is 4.30. The zero-order valence-corrected chi connectivity index (χ0v) is 18.4. The van der Waals surface area contributed by atoms with Gasteiger partial charge in [-0.05, 0) is 68.1 Å². The summed E-state index contributed by atoms with van der Waals surface area (Å²) < 4.78 is 0. The summed E-state index contributed by atoms with van der Waals surface area (Å²) in [6.07, 6.45) is 6.36. The van der Waals surface area contributed by atoms with E-state index in [4.69, 9.17) is 0 Å². The molecular weight excluding hydrogens is 384 g/mol. The third kappa shape index (κ3) is 2.51. The summed E-state index contributed by atoms with van der Waals surface area (Å²) in [5.41, 5.74) is -0.709. The molecule has 2 bridgehead atoms. The largest absolute Gasteiger partial charge is 0.481 e. The van der Waals surface area contributed by atoms with E-state index < -0.39 is 40.6 Å². The van der Waals surface area contributed by atoms with Crippen molar-refractivity contribution in [3.8, 4) is 0 Å². The highest BCUT2D eigenvalue weighted by Gasteiger charge is 2.71. The van der Waals surface area contributed by atoms with E-state index in [9.17, 15) is 29.7 Å². The summed E-state index contributed by atoms with van der Waals surface area (Å²) in [6, 6.07) is 0. The summed E-state index contributed by atoms with van der Waals surface area (Å²) >= 11 is 0. The van der Waals surface area contributed by atoms with Crippen LogP contribution in [0.25, 0.3) is 0 Å². The Hall–Kier alpha value is -1.85. The minimum absolute atomic E-state index is 0.00641. The quantitative estimate of drug-likeness (QED) is 0.587. The molecule has 0 heterocycles. The van der Waals surface area contributed by atoms with E-state index in [0.717, 1.165) is 18.4 Å². The average Bonchev–Trinajstić information content (AvgIpc) is 2.65. The molecule has 8 atom stereocenters. The van der Waals surface area contributed by atoms with Crippen LogP contribution in [0.15, 0.2) is 11.6 Å². The highest BCUT2D eigenvalue weighted by Crippen LogP contribution is 2.73. The van der Waals surface area contributed by atoms with Crippen molar-refractivity contribution in [3.05, 3.63) is 11.6 Å². The van der Waals surface area contributed by atoms with Crippen LogP contribution >= 0.6 is 0 Å². The number of hydrogen-bond acceptors (Lipinski definition) is 3. The smallest absolute Gasteiger partial charge is 0.309 e. The highest BCUT2D eigenvalue weighted by molar-refractivity contribution is 5.83. The van der Waals surface area contributed by atoms with Gasteiger partial charge in [-0.2, -0.15) is 0 Å². The molecular formula is C24H34O6. The van der Waals surface area contributed by atoms with E-state index in [0.29, 0.717) is 25.7 Å². The first-order valence-electron chi connectivity index (χ1n) is 11.3. The lowest BCUT2D eigenvalue weighted by Gasteiger charge is -2.68. The molecule has 0 radical (unpaired) electrons. The van der Waals surface area contributed by atoms with Gasteiger partial charge in [-0.1, -0.05) is 38.8 Å². The van der Waals surface area contributed by atoms with Crippen LogP contribution in [0.4, 0.5) is 0 Å². The molecule has 6 heteroatoms. The number of hydrogen-bond donors (Lipinski definition) is 3. The van der Waals surface area contributed by atoms with E-state index in [1.54, 1.807) is 0 Å². The lowest BCUT2D eigenvalue weighted by atomic mass is 9.34.